The van der Waals surface area contributed by atoms with Crippen LogP contribution in [0, 0.1) is 0 Å². The molecule has 0 unspecified atom stereocenters. The molecule has 2 fully saturated rings. The fraction of sp³-hybridized carbons (Fsp3) is 1.00. The third-order valence-corrected chi connectivity index (χ3v) is 4.47. The molecule has 4 heteroatoms. The monoisotopic (exact) mass is 270 g/mol. The van der Waals surface area contributed by atoms with Gasteiger partial charge in [0.25, 0.3) is 0 Å². The lowest BCUT2D eigenvalue weighted by Crippen LogP contribution is -2.52. The fourth-order valence-corrected chi connectivity index (χ4v) is 3.21. The van der Waals surface area contributed by atoms with Crippen molar-refractivity contribution in [1.82, 2.24) is 9.80 Å². The second kappa shape index (κ2) is 5.68. The number of rotatable bonds is 3. The van der Waals surface area contributed by atoms with Crippen molar-refractivity contribution in [2.45, 2.75) is 57.9 Å². The molecule has 0 amide bonds. The molecule has 2 aliphatic heterocycles. The van der Waals surface area contributed by atoms with Crippen LogP contribution in [0.25, 0.3) is 0 Å². The number of hydrogen-bond acceptors (Lipinski definition) is 4. The Kier molecular flexibility index (Phi) is 4.56. The van der Waals surface area contributed by atoms with Gasteiger partial charge >= 0.3 is 0 Å². The molecule has 112 valence electrons. The summed E-state index contributed by atoms with van der Waals surface area (Å²) in [5.41, 5.74) is 0.299. The van der Waals surface area contributed by atoms with Gasteiger partial charge < -0.3 is 9.47 Å². The topological polar surface area (TPSA) is 24.9 Å². The minimum absolute atomic E-state index is 0.299. The van der Waals surface area contributed by atoms with Crippen LogP contribution in [0.3, 0.4) is 0 Å². The minimum Gasteiger partial charge on any atom is -0.347 e. The summed E-state index contributed by atoms with van der Waals surface area (Å²) in [5.74, 6) is -0.393. The molecule has 2 rings (SSSR count). The molecular formula is C15H30N2O2. The highest BCUT2D eigenvalue weighted by atomic mass is 16.7. The summed E-state index contributed by atoms with van der Waals surface area (Å²) in [7, 11) is 2.20. The van der Waals surface area contributed by atoms with Gasteiger partial charge in [-0.05, 0) is 47.6 Å². The Morgan fingerprint density at radius 2 is 1.68 bits per heavy atom. The molecule has 0 aromatic carbocycles. The lowest BCUT2D eigenvalue weighted by Gasteiger charge is -2.44. The number of piperidine rings is 1. The molecule has 0 spiro atoms. The summed E-state index contributed by atoms with van der Waals surface area (Å²) < 4.78 is 11.4. The van der Waals surface area contributed by atoms with Gasteiger partial charge in [-0.15, -0.1) is 0 Å². The molecule has 19 heavy (non-hydrogen) atoms. The molecule has 2 saturated heterocycles. The summed E-state index contributed by atoms with van der Waals surface area (Å²) in [6.45, 7) is 13.7. The molecule has 0 N–H and O–H groups in total. The van der Waals surface area contributed by atoms with Crippen molar-refractivity contribution in [3.8, 4) is 0 Å². The number of ether oxygens (including phenoxy) is 2. The highest BCUT2D eigenvalue weighted by Crippen LogP contribution is 2.25. The summed E-state index contributed by atoms with van der Waals surface area (Å²) in [6, 6.07) is 0.656. The molecule has 0 aliphatic carbocycles. The summed E-state index contributed by atoms with van der Waals surface area (Å²) in [4.78, 5) is 5.01. The smallest absolute Gasteiger partial charge is 0.178 e. The van der Waals surface area contributed by atoms with Crippen LogP contribution in [0.5, 0.6) is 0 Å². The average molecular weight is 270 g/mol. The SMILES string of the molecule is CN(CC1(C)OCCO1)C1CCN(C(C)(C)C)CC1. The van der Waals surface area contributed by atoms with Gasteiger partial charge in [0.05, 0.1) is 19.8 Å². The fourth-order valence-electron chi connectivity index (χ4n) is 3.21. The van der Waals surface area contributed by atoms with Crippen LogP contribution >= 0.6 is 0 Å². The van der Waals surface area contributed by atoms with E-state index in [2.05, 4.69) is 44.5 Å². The van der Waals surface area contributed by atoms with Crippen LogP contribution in [0.1, 0.15) is 40.5 Å². The Balaban J connectivity index is 1.81. The van der Waals surface area contributed by atoms with Crippen LogP contribution < -0.4 is 0 Å². The zero-order chi connectivity index (χ0) is 14.1. The first-order valence-corrected chi connectivity index (χ1v) is 7.53. The molecule has 2 heterocycles. The third-order valence-electron chi connectivity index (χ3n) is 4.47. The van der Waals surface area contributed by atoms with Crippen LogP contribution in [0.15, 0.2) is 0 Å². The molecular weight excluding hydrogens is 240 g/mol. The van der Waals surface area contributed by atoms with Crippen molar-refractivity contribution in [2.24, 2.45) is 0 Å². The minimum atomic E-state index is -0.393. The standard InChI is InChI=1S/C15H30N2O2/c1-14(2,3)17-8-6-13(7-9-17)16(5)12-15(4)18-10-11-19-15/h13H,6-12H2,1-5H3. The van der Waals surface area contributed by atoms with Crippen molar-refractivity contribution in [3.05, 3.63) is 0 Å². The second-order valence-electron chi connectivity index (χ2n) is 7.13. The normalized spacial score (nSPS) is 26.2. The van der Waals surface area contributed by atoms with E-state index in [1.165, 1.54) is 25.9 Å². The second-order valence-corrected chi connectivity index (χ2v) is 7.13. The Morgan fingerprint density at radius 3 is 2.16 bits per heavy atom. The maximum atomic E-state index is 5.70. The molecule has 4 nitrogen and oxygen atoms in total. The molecule has 2 aliphatic rings. The molecule has 0 atom stereocenters. The number of likely N-dealkylation sites (N-methyl/N-ethyl adjacent to an activating group) is 1. The Bertz CT molecular complexity index is 287. The van der Waals surface area contributed by atoms with E-state index in [4.69, 9.17) is 9.47 Å². The van der Waals surface area contributed by atoms with Crippen molar-refractivity contribution < 1.29 is 9.47 Å². The Hall–Kier alpha value is -0.160. The molecule has 0 aromatic heterocycles. The van der Waals surface area contributed by atoms with Gasteiger partial charge in [-0.3, -0.25) is 9.80 Å². The molecule has 0 bridgehead atoms. The largest absolute Gasteiger partial charge is 0.347 e. The van der Waals surface area contributed by atoms with Crippen LogP contribution in [-0.2, 0) is 9.47 Å². The van der Waals surface area contributed by atoms with Crippen molar-refractivity contribution >= 4 is 0 Å². The van der Waals surface area contributed by atoms with Crippen molar-refractivity contribution in [3.63, 3.8) is 0 Å². The van der Waals surface area contributed by atoms with Crippen molar-refractivity contribution in [2.75, 3.05) is 39.9 Å². The third kappa shape index (κ3) is 3.91. The maximum absolute atomic E-state index is 5.70. The number of hydrogen-bond donors (Lipinski definition) is 0. The van der Waals surface area contributed by atoms with Gasteiger partial charge in [-0.2, -0.15) is 0 Å². The zero-order valence-corrected chi connectivity index (χ0v) is 13.2. The van der Waals surface area contributed by atoms with E-state index in [0.717, 1.165) is 19.8 Å². The van der Waals surface area contributed by atoms with E-state index in [1.54, 1.807) is 0 Å². The van der Waals surface area contributed by atoms with Gasteiger partial charge in [0.15, 0.2) is 5.79 Å². The van der Waals surface area contributed by atoms with E-state index in [1.807, 2.05) is 0 Å². The summed E-state index contributed by atoms with van der Waals surface area (Å²) >= 11 is 0. The predicted molar refractivity (Wildman–Crippen MR) is 77.3 cm³/mol. The molecule has 0 saturated carbocycles. The predicted octanol–water partition coefficient (Wildman–Crippen LogP) is 1.94. The van der Waals surface area contributed by atoms with Crippen LogP contribution in [0.2, 0.25) is 0 Å². The Labute approximate surface area is 118 Å². The summed E-state index contributed by atoms with van der Waals surface area (Å²) in [5, 5.41) is 0. The van der Waals surface area contributed by atoms with E-state index in [0.29, 0.717) is 11.6 Å². The van der Waals surface area contributed by atoms with Crippen molar-refractivity contribution in [1.29, 1.82) is 0 Å². The average Bonchev–Trinajstić information content (AvgIpc) is 2.75. The maximum Gasteiger partial charge on any atom is 0.178 e. The van der Waals surface area contributed by atoms with E-state index in [9.17, 15) is 0 Å². The van der Waals surface area contributed by atoms with Gasteiger partial charge in [-0.1, -0.05) is 0 Å². The lowest BCUT2D eigenvalue weighted by molar-refractivity contribution is -0.159. The summed E-state index contributed by atoms with van der Waals surface area (Å²) in [6.07, 6.45) is 2.48. The Morgan fingerprint density at radius 1 is 1.16 bits per heavy atom. The number of likely N-dealkylation sites (tertiary alicyclic amines) is 1. The molecule has 0 aromatic rings. The van der Waals surface area contributed by atoms with Gasteiger partial charge in [-0.25, -0.2) is 0 Å². The van der Waals surface area contributed by atoms with E-state index in [-0.39, 0.29) is 0 Å². The molecule has 0 radical (unpaired) electrons. The zero-order valence-electron chi connectivity index (χ0n) is 13.2. The van der Waals surface area contributed by atoms with Crippen LogP contribution in [-0.4, -0.2) is 67.1 Å². The highest BCUT2D eigenvalue weighted by molar-refractivity contribution is 4.86. The first-order chi connectivity index (χ1) is 8.80. The van der Waals surface area contributed by atoms with Gasteiger partial charge in [0.1, 0.15) is 0 Å². The van der Waals surface area contributed by atoms with Gasteiger partial charge in [0.2, 0.25) is 0 Å². The van der Waals surface area contributed by atoms with E-state index >= 15 is 0 Å². The van der Waals surface area contributed by atoms with E-state index < -0.39 is 5.79 Å². The quantitative estimate of drug-likeness (QED) is 0.782. The first kappa shape index (κ1) is 15.2. The number of nitrogens with zero attached hydrogens (tertiary/aromatic N) is 2. The van der Waals surface area contributed by atoms with Gasteiger partial charge in [0, 0.05) is 24.7 Å². The first-order valence-electron chi connectivity index (χ1n) is 7.53. The highest BCUT2D eigenvalue weighted by Gasteiger charge is 2.35. The van der Waals surface area contributed by atoms with Crippen LogP contribution in [0.4, 0.5) is 0 Å². The lowest BCUT2D eigenvalue weighted by atomic mass is 9.97.